The van der Waals surface area contributed by atoms with E-state index < -0.39 is 34.5 Å². The number of sulfonamides is 1. The van der Waals surface area contributed by atoms with Crippen LogP contribution in [0.5, 0.6) is 5.75 Å². The zero-order chi connectivity index (χ0) is 30.8. The number of aliphatic carboxylic acids is 1. The van der Waals surface area contributed by atoms with Gasteiger partial charge in [0.15, 0.2) is 6.61 Å². The zero-order valence-corrected chi connectivity index (χ0v) is 24.4. The number of halogens is 3. The standard InChI is InChI=1S/C31H32F3NO6S/c1-19-12-21(3)30(22(4)13-19)42(38,39)35(17-27-10-11-28(41-27)31(32,33)34)16-25-9-8-24(14-20(25)2)23-6-5-7-26(15-23)40-18-29(36)37/h5-15,20,25H,16-18H2,1-4H3,(H,36,37). The summed E-state index contributed by atoms with van der Waals surface area (Å²) in [6.07, 6.45) is 1.01. The van der Waals surface area contributed by atoms with E-state index in [1.807, 2.05) is 38.1 Å². The highest BCUT2D eigenvalue weighted by atomic mass is 32.2. The highest BCUT2D eigenvalue weighted by Gasteiger charge is 2.36. The van der Waals surface area contributed by atoms with Crippen molar-refractivity contribution in [1.29, 1.82) is 0 Å². The molecule has 3 aromatic rings. The molecule has 0 saturated heterocycles. The Bertz CT molecular complexity index is 1610. The van der Waals surface area contributed by atoms with E-state index in [0.29, 0.717) is 16.9 Å². The molecule has 0 aliphatic heterocycles. The molecule has 0 bridgehead atoms. The molecule has 11 heteroatoms. The van der Waals surface area contributed by atoms with Crippen LogP contribution in [0.1, 0.15) is 40.7 Å². The molecule has 0 saturated carbocycles. The number of hydrogen-bond acceptors (Lipinski definition) is 5. The van der Waals surface area contributed by atoms with Crippen molar-refractivity contribution in [3.63, 3.8) is 0 Å². The van der Waals surface area contributed by atoms with Gasteiger partial charge in [-0.15, -0.1) is 0 Å². The topological polar surface area (TPSA) is 97.0 Å². The molecule has 2 atom stereocenters. The minimum atomic E-state index is -4.69. The number of alkyl halides is 3. The highest BCUT2D eigenvalue weighted by molar-refractivity contribution is 7.89. The highest BCUT2D eigenvalue weighted by Crippen LogP contribution is 2.35. The smallest absolute Gasteiger partial charge is 0.449 e. The van der Waals surface area contributed by atoms with Crippen LogP contribution in [-0.2, 0) is 27.5 Å². The van der Waals surface area contributed by atoms with Crippen molar-refractivity contribution >= 4 is 21.6 Å². The molecule has 7 nitrogen and oxygen atoms in total. The molecule has 0 spiro atoms. The first-order valence-corrected chi connectivity index (χ1v) is 14.7. The van der Waals surface area contributed by atoms with Gasteiger partial charge in [0.2, 0.25) is 15.8 Å². The second kappa shape index (κ2) is 12.2. The summed E-state index contributed by atoms with van der Waals surface area (Å²) in [5.74, 6) is -2.43. The molecule has 42 heavy (non-hydrogen) atoms. The maximum absolute atomic E-state index is 14.1. The Kier molecular flexibility index (Phi) is 9.03. The van der Waals surface area contributed by atoms with E-state index in [4.69, 9.17) is 14.3 Å². The number of carboxylic acids is 1. The van der Waals surface area contributed by atoms with Crippen molar-refractivity contribution in [2.75, 3.05) is 13.2 Å². The second-order valence-electron chi connectivity index (χ2n) is 10.5. The quantitative estimate of drug-likeness (QED) is 0.274. The number of allylic oxidation sites excluding steroid dienone is 3. The minimum Gasteiger partial charge on any atom is -0.482 e. The Morgan fingerprint density at radius 2 is 1.76 bits per heavy atom. The first kappa shape index (κ1) is 31.1. The molecule has 1 N–H and O–H groups in total. The molecule has 2 unspecified atom stereocenters. The van der Waals surface area contributed by atoms with E-state index in [2.05, 4.69) is 0 Å². The number of carbonyl (C=O) groups is 1. The average molecular weight is 604 g/mol. The average Bonchev–Trinajstić information content (AvgIpc) is 3.37. The Balaban J connectivity index is 1.63. The predicted octanol–water partition coefficient (Wildman–Crippen LogP) is 6.78. The van der Waals surface area contributed by atoms with Crippen LogP contribution in [-0.4, -0.2) is 37.0 Å². The number of nitrogens with zero attached hydrogens (tertiary/aromatic N) is 1. The maximum atomic E-state index is 14.1. The number of aryl methyl sites for hydroxylation is 3. The lowest BCUT2D eigenvalue weighted by Crippen LogP contribution is -2.37. The van der Waals surface area contributed by atoms with Gasteiger partial charge in [0.25, 0.3) is 0 Å². The predicted molar refractivity (Wildman–Crippen MR) is 151 cm³/mol. The molecule has 2 aromatic carbocycles. The Labute approximate surface area is 243 Å². The van der Waals surface area contributed by atoms with Crippen LogP contribution in [0, 0.1) is 32.6 Å². The first-order valence-electron chi connectivity index (χ1n) is 13.2. The largest absolute Gasteiger partial charge is 0.482 e. The van der Waals surface area contributed by atoms with Gasteiger partial charge in [-0.2, -0.15) is 17.5 Å². The SMILES string of the molecule is Cc1cc(C)c(S(=O)(=O)N(Cc2ccc(C(F)(F)F)o2)CC2C=CC(c3cccc(OCC(=O)O)c3)=CC2C)c(C)c1. The summed E-state index contributed by atoms with van der Waals surface area (Å²) in [4.78, 5) is 11.0. The lowest BCUT2D eigenvalue weighted by Gasteiger charge is -2.30. The summed E-state index contributed by atoms with van der Waals surface area (Å²) in [5, 5.41) is 8.88. The number of furan rings is 1. The van der Waals surface area contributed by atoms with Crippen LogP contribution in [0.4, 0.5) is 13.2 Å². The van der Waals surface area contributed by atoms with E-state index in [0.717, 1.165) is 28.8 Å². The maximum Gasteiger partial charge on any atom is 0.449 e. The van der Waals surface area contributed by atoms with Crippen molar-refractivity contribution in [2.24, 2.45) is 11.8 Å². The van der Waals surface area contributed by atoms with Gasteiger partial charge in [-0.1, -0.05) is 55.0 Å². The first-order chi connectivity index (χ1) is 19.6. The fourth-order valence-electron chi connectivity index (χ4n) is 5.17. The van der Waals surface area contributed by atoms with Crippen molar-refractivity contribution in [2.45, 2.75) is 45.3 Å². The molecule has 1 heterocycles. The molecule has 1 aliphatic rings. The van der Waals surface area contributed by atoms with Crippen LogP contribution >= 0.6 is 0 Å². The Hall–Kier alpha value is -3.83. The summed E-state index contributed by atoms with van der Waals surface area (Å²) in [6, 6.07) is 12.5. The Morgan fingerprint density at radius 3 is 2.36 bits per heavy atom. The number of ether oxygens (including phenoxy) is 1. The van der Waals surface area contributed by atoms with E-state index in [1.165, 1.54) is 4.31 Å². The summed E-state index contributed by atoms with van der Waals surface area (Å²) in [7, 11) is -4.14. The molecular formula is C31H32F3NO6S. The number of carboxylic acid groups (broad SMARTS) is 1. The van der Waals surface area contributed by atoms with Crippen molar-refractivity contribution in [3.05, 3.63) is 101 Å². The third-order valence-corrected chi connectivity index (χ3v) is 9.18. The van der Waals surface area contributed by atoms with E-state index in [1.54, 1.807) is 44.2 Å². The van der Waals surface area contributed by atoms with Gasteiger partial charge in [0.1, 0.15) is 11.5 Å². The molecule has 0 radical (unpaired) electrons. The monoisotopic (exact) mass is 603 g/mol. The van der Waals surface area contributed by atoms with Gasteiger partial charge in [0.05, 0.1) is 11.4 Å². The van der Waals surface area contributed by atoms with Crippen LogP contribution in [0.15, 0.2) is 76.1 Å². The fraction of sp³-hybridized carbons (Fsp3) is 0.323. The van der Waals surface area contributed by atoms with Crippen LogP contribution in [0.2, 0.25) is 0 Å². The van der Waals surface area contributed by atoms with Gasteiger partial charge in [0, 0.05) is 6.54 Å². The third kappa shape index (κ3) is 7.14. The van der Waals surface area contributed by atoms with E-state index in [9.17, 15) is 26.4 Å². The molecule has 0 fully saturated rings. The lowest BCUT2D eigenvalue weighted by molar-refractivity contribution is -0.153. The second-order valence-corrected chi connectivity index (χ2v) is 12.4. The van der Waals surface area contributed by atoms with Gasteiger partial charge in [-0.3, -0.25) is 0 Å². The molecular weight excluding hydrogens is 571 g/mol. The summed E-state index contributed by atoms with van der Waals surface area (Å²) in [6.45, 7) is 6.35. The number of benzene rings is 2. The molecule has 1 aromatic heterocycles. The normalized spacial score (nSPS) is 17.4. The van der Waals surface area contributed by atoms with Crippen LogP contribution in [0.3, 0.4) is 0 Å². The van der Waals surface area contributed by atoms with Crippen LogP contribution < -0.4 is 4.74 Å². The van der Waals surface area contributed by atoms with Gasteiger partial charge < -0.3 is 14.3 Å². The molecule has 4 rings (SSSR count). The summed E-state index contributed by atoms with van der Waals surface area (Å²) in [5.41, 5.74) is 3.64. The Morgan fingerprint density at radius 1 is 1.07 bits per heavy atom. The van der Waals surface area contributed by atoms with Crippen LogP contribution in [0.25, 0.3) is 5.57 Å². The summed E-state index contributed by atoms with van der Waals surface area (Å²) < 4.78 is 79.3. The molecule has 224 valence electrons. The molecule has 0 amide bonds. The van der Waals surface area contributed by atoms with Gasteiger partial charge in [-0.25, -0.2) is 13.2 Å². The van der Waals surface area contributed by atoms with E-state index in [-0.39, 0.29) is 35.6 Å². The van der Waals surface area contributed by atoms with Crippen molar-refractivity contribution in [1.82, 2.24) is 4.31 Å². The number of hydrogen-bond donors (Lipinski definition) is 1. The van der Waals surface area contributed by atoms with Gasteiger partial charge in [-0.05, 0) is 79.1 Å². The fourth-order valence-corrected chi connectivity index (χ4v) is 7.03. The third-order valence-electron chi connectivity index (χ3n) is 7.06. The number of rotatable bonds is 10. The van der Waals surface area contributed by atoms with Crippen molar-refractivity contribution < 1.29 is 40.6 Å². The summed E-state index contributed by atoms with van der Waals surface area (Å²) >= 11 is 0. The lowest BCUT2D eigenvalue weighted by atomic mass is 9.85. The molecule has 1 aliphatic carbocycles. The minimum absolute atomic E-state index is 0.000347. The van der Waals surface area contributed by atoms with Crippen molar-refractivity contribution in [3.8, 4) is 5.75 Å². The zero-order valence-electron chi connectivity index (χ0n) is 23.6. The van der Waals surface area contributed by atoms with E-state index >= 15 is 0 Å². The van der Waals surface area contributed by atoms with Gasteiger partial charge >= 0.3 is 12.1 Å².